The molecule has 1 aliphatic rings. The fraction of sp³-hybridized carbons (Fsp3) is 0.917. The topological polar surface area (TPSA) is 64.8 Å². The first kappa shape index (κ1) is 14.4. The molecule has 0 saturated carbocycles. The molecule has 0 spiro atoms. The minimum Gasteiger partial charge on any atom is -0.465 e. The molecule has 1 aliphatic heterocycles. The predicted octanol–water partition coefficient (Wildman–Crippen LogP) is 0.378. The second kappa shape index (κ2) is 6.33. The summed E-state index contributed by atoms with van der Waals surface area (Å²) >= 11 is 0. The van der Waals surface area contributed by atoms with Crippen LogP contribution in [0.15, 0.2) is 0 Å². The zero-order valence-corrected chi connectivity index (χ0v) is 11.1. The molecule has 0 aromatic heterocycles. The van der Waals surface area contributed by atoms with E-state index in [0.29, 0.717) is 19.8 Å². The maximum atomic E-state index is 11.8. The van der Waals surface area contributed by atoms with Crippen molar-refractivity contribution in [2.45, 2.75) is 38.8 Å². The van der Waals surface area contributed by atoms with E-state index in [1.54, 1.807) is 6.92 Å². The highest BCUT2D eigenvalue weighted by atomic mass is 16.5. The van der Waals surface area contributed by atoms with Crippen LogP contribution in [0.5, 0.6) is 0 Å². The highest BCUT2D eigenvalue weighted by molar-refractivity contribution is 5.77. The summed E-state index contributed by atoms with van der Waals surface area (Å²) in [5, 5.41) is 0. The maximum Gasteiger partial charge on any atom is 0.324 e. The molecule has 0 bridgehead atoms. The van der Waals surface area contributed by atoms with Crippen LogP contribution in [0.1, 0.15) is 27.2 Å². The van der Waals surface area contributed by atoms with Gasteiger partial charge < -0.3 is 15.2 Å². The molecule has 1 heterocycles. The summed E-state index contributed by atoms with van der Waals surface area (Å²) in [6.07, 6.45) is 0.812. The van der Waals surface area contributed by atoms with Crippen LogP contribution in [-0.4, -0.2) is 55.4 Å². The number of carbonyl (C=O) groups is 1. The lowest BCUT2D eigenvalue weighted by Gasteiger charge is -2.45. The average molecular weight is 244 g/mol. The van der Waals surface area contributed by atoms with E-state index in [9.17, 15) is 4.79 Å². The number of morpholine rings is 1. The summed E-state index contributed by atoms with van der Waals surface area (Å²) in [5.41, 5.74) is 5.71. The molecule has 17 heavy (non-hydrogen) atoms. The van der Waals surface area contributed by atoms with E-state index in [0.717, 1.165) is 19.5 Å². The third-order valence-corrected chi connectivity index (χ3v) is 3.66. The Morgan fingerprint density at radius 2 is 2.06 bits per heavy atom. The Labute approximate surface area is 103 Å². The summed E-state index contributed by atoms with van der Waals surface area (Å²) in [6.45, 7) is 9.28. The Kier molecular flexibility index (Phi) is 5.36. The van der Waals surface area contributed by atoms with E-state index in [-0.39, 0.29) is 11.5 Å². The lowest BCUT2D eigenvalue weighted by atomic mass is 9.87. The molecule has 0 aliphatic carbocycles. The van der Waals surface area contributed by atoms with E-state index in [4.69, 9.17) is 15.2 Å². The van der Waals surface area contributed by atoms with Gasteiger partial charge in [-0.3, -0.25) is 9.69 Å². The molecule has 1 rings (SSSR count). The van der Waals surface area contributed by atoms with E-state index in [2.05, 4.69) is 11.8 Å². The van der Waals surface area contributed by atoms with Gasteiger partial charge in [-0.1, -0.05) is 6.92 Å². The van der Waals surface area contributed by atoms with Crippen molar-refractivity contribution < 1.29 is 14.3 Å². The molecule has 0 aromatic rings. The summed E-state index contributed by atoms with van der Waals surface area (Å²) in [7, 11) is 0. The largest absolute Gasteiger partial charge is 0.465 e. The van der Waals surface area contributed by atoms with Crippen LogP contribution in [0, 0.1) is 0 Å². The fourth-order valence-electron chi connectivity index (χ4n) is 2.20. The van der Waals surface area contributed by atoms with E-state index >= 15 is 0 Å². The molecule has 0 amide bonds. The van der Waals surface area contributed by atoms with E-state index < -0.39 is 6.04 Å². The molecule has 1 saturated heterocycles. The van der Waals surface area contributed by atoms with Crippen LogP contribution < -0.4 is 5.73 Å². The van der Waals surface area contributed by atoms with Crippen LogP contribution in [-0.2, 0) is 14.3 Å². The number of hydrogen-bond acceptors (Lipinski definition) is 5. The molecular formula is C12H24N2O3. The molecule has 5 heteroatoms. The Bertz CT molecular complexity index is 254. The van der Waals surface area contributed by atoms with Crippen LogP contribution in [0.2, 0.25) is 0 Å². The predicted molar refractivity (Wildman–Crippen MR) is 65.7 cm³/mol. The summed E-state index contributed by atoms with van der Waals surface area (Å²) in [4.78, 5) is 14.0. The minimum atomic E-state index is -0.606. The van der Waals surface area contributed by atoms with Gasteiger partial charge in [-0.2, -0.15) is 0 Å². The standard InChI is InChI=1S/C12H24N2O3/c1-4-12(3,10(13)11(15)17-5-2)14-6-8-16-9-7-14/h10H,4-9,13H2,1-3H3/t10-,12+/m0/s1. The Balaban J connectivity index is 2.74. The molecule has 2 N–H and O–H groups in total. The highest BCUT2D eigenvalue weighted by Crippen LogP contribution is 2.24. The zero-order chi connectivity index (χ0) is 12.9. The van der Waals surface area contributed by atoms with Gasteiger partial charge in [0.05, 0.1) is 19.8 Å². The second-order valence-corrected chi connectivity index (χ2v) is 4.54. The normalized spacial score (nSPS) is 22.8. The first-order valence-corrected chi connectivity index (χ1v) is 6.31. The van der Waals surface area contributed by atoms with E-state index in [1.165, 1.54) is 0 Å². The number of nitrogens with zero attached hydrogens (tertiary/aromatic N) is 1. The first-order chi connectivity index (χ1) is 8.06. The molecule has 0 unspecified atom stereocenters. The number of rotatable bonds is 5. The van der Waals surface area contributed by atoms with Gasteiger partial charge in [-0.25, -0.2) is 0 Å². The molecule has 1 fully saturated rings. The van der Waals surface area contributed by atoms with Gasteiger partial charge >= 0.3 is 5.97 Å². The maximum absolute atomic E-state index is 11.8. The lowest BCUT2D eigenvalue weighted by molar-refractivity contribution is -0.150. The quantitative estimate of drug-likeness (QED) is 0.708. The minimum absolute atomic E-state index is 0.316. The Morgan fingerprint density at radius 3 is 2.53 bits per heavy atom. The monoisotopic (exact) mass is 244 g/mol. The number of nitrogens with two attached hydrogens (primary N) is 1. The van der Waals surface area contributed by atoms with Gasteiger partial charge in [0.1, 0.15) is 6.04 Å². The highest BCUT2D eigenvalue weighted by Gasteiger charge is 2.41. The van der Waals surface area contributed by atoms with Crippen LogP contribution in [0.3, 0.4) is 0 Å². The first-order valence-electron chi connectivity index (χ1n) is 6.31. The van der Waals surface area contributed by atoms with Crippen LogP contribution in [0.4, 0.5) is 0 Å². The molecule has 2 atom stereocenters. The van der Waals surface area contributed by atoms with Crippen molar-refractivity contribution in [2.75, 3.05) is 32.9 Å². The van der Waals surface area contributed by atoms with Gasteiger partial charge in [0.25, 0.3) is 0 Å². The van der Waals surface area contributed by atoms with Crippen molar-refractivity contribution in [1.29, 1.82) is 0 Å². The van der Waals surface area contributed by atoms with Gasteiger partial charge in [0, 0.05) is 18.6 Å². The molecule has 0 radical (unpaired) electrons. The van der Waals surface area contributed by atoms with E-state index in [1.807, 2.05) is 6.92 Å². The average Bonchev–Trinajstić information content (AvgIpc) is 2.38. The fourth-order valence-corrected chi connectivity index (χ4v) is 2.20. The van der Waals surface area contributed by atoms with Crippen molar-refractivity contribution in [3.8, 4) is 0 Å². The number of carbonyl (C=O) groups excluding carboxylic acids is 1. The van der Waals surface area contributed by atoms with Gasteiger partial charge in [0.2, 0.25) is 0 Å². The molecule has 100 valence electrons. The van der Waals surface area contributed by atoms with Crippen molar-refractivity contribution in [1.82, 2.24) is 4.90 Å². The van der Waals surface area contributed by atoms with Crippen molar-refractivity contribution >= 4 is 5.97 Å². The van der Waals surface area contributed by atoms with Gasteiger partial charge in [-0.05, 0) is 20.3 Å². The summed E-state index contributed by atoms with van der Waals surface area (Å²) in [6, 6.07) is -0.606. The van der Waals surface area contributed by atoms with Gasteiger partial charge in [0.15, 0.2) is 0 Å². The molecule has 0 aromatic carbocycles. The van der Waals surface area contributed by atoms with Crippen molar-refractivity contribution in [3.63, 3.8) is 0 Å². The summed E-state index contributed by atoms with van der Waals surface area (Å²) in [5.74, 6) is -0.316. The van der Waals surface area contributed by atoms with Crippen LogP contribution >= 0.6 is 0 Å². The van der Waals surface area contributed by atoms with Gasteiger partial charge in [-0.15, -0.1) is 0 Å². The number of esters is 1. The van der Waals surface area contributed by atoms with Crippen molar-refractivity contribution in [3.05, 3.63) is 0 Å². The Hall–Kier alpha value is -0.650. The third kappa shape index (κ3) is 3.18. The SMILES string of the molecule is CCOC(=O)[C@H](N)[C@@](C)(CC)N1CCOCC1. The van der Waals surface area contributed by atoms with Crippen LogP contribution in [0.25, 0.3) is 0 Å². The zero-order valence-electron chi connectivity index (χ0n) is 11.1. The number of hydrogen-bond donors (Lipinski definition) is 1. The molecular weight excluding hydrogens is 220 g/mol. The number of ether oxygens (including phenoxy) is 2. The Morgan fingerprint density at radius 1 is 1.47 bits per heavy atom. The van der Waals surface area contributed by atoms with Crippen molar-refractivity contribution in [2.24, 2.45) is 5.73 Å². The summed E-state index contributed by atoms with van der Waals surface area (Å²) < 4.78 is 10.3. The molecule has 5 nitrogen and oxygen atoms in total. The third-order valence-electron chi connectivity index (χ3n) is 3.66. The second-order valence-electron chi connectivity index (χ2n) is 4.54. The lowest BCUT2D eigenvalue weighted by Crippen LogP contribution is -2.63. The smallest absolute Gasteiger partial charge is 0.324 e.